The zero-order valence-electron chi connectivity index (χ0n) is 9.60. The molecule has 0 aliphatic carbocycles. The average molecular weight is 317 g/mol. The van der Waals surface area contributed by atoms with Crippen molar-refractivity contribution in [3.63, 3.8) is 0 Å². The van der Waals surface area contributed by atoms with E-state index in [9.17, 15) is 8.42 Å². The van der Waals surface area contributed by atoms with Crippen molar-refractivity contribution in [2.45, 2.75) is 4.90 Å². The van der Waals surface area contributed by atoms with Gasteiger partial charge in [0.1, 0.15) is 4.90 Å². The van der Waals surface area contributed by atoms with Gasteiger partial charge in [-0.3, -0.25) is 4.72 Å². The highest BCUT2D eigenvalue weighted by atomic mass is 35.5. The second-order valence-electron chi connectivity index (χ2n) is 3.78. The lowest BCUT2D eigenvalue weighted by Gasteiger charge is -2.11. The minimum atomic E-state index is -3.86. The summed E-state index contributed by atoms with van der Waals surface area (Å²) in [5.74, 6) is 0. The predicted octanol–water partition coefficient (Wildman–Crippen LogP) is 3.38. The molecule has 0 aromatic heterocycles. The number of rotatable bonds is 3. The van der Waals surface area contributed by atoms with E-state index in [1.165, 1.54) is 18.2 Å². The van der Waals surface area contributed by atoms with Gasteiger partial charge >= 0.3 is 0 Å². The summed E-state index contributed by atoms with van der Waals surface area (Å²) in [5, 5.41) is 0.118. The molecule has 2 aromatic carbocycles. The van der Waals surface area contributed by atoms with Crippen LogP contribution >= 0.6 is 23.2 Å². The van der Waals surface area contributed by atoms with Crippen LogP contribution in [0.2, 0.25) is 10.0 Å². The molecule has 3 N–H and O–H groups in total. The molecule has 2 rings (SSSR count). The van der Waals surface area contributed by atoms with Crippen molar-refractivity contribution < 1.29 is 8.42 Å². The SMILES string of the molecule is Nc1cccc(NS(=O)(=O)c2c(Cl)cccc2Cl)c1. The molecule has 100 valence electrons. The third kappa shape index (κ3) is 3.12. The molecule has 0 heterocycles. The second-order valence-corrected chi connectivity index (χ2v) is 6.22. The summed E-state index contributed by atoms with van der Waals surface area (Å²) >= 11 is 11.8. The fourth-order valence-corrected chi connectivity index (χ4v) is 3.74. The first kappa shape index (κ1) is 14.0. The topological polar surface area (TPSA) is 72.2 Å². The van der Waals surface area contributed by atoms with E-state index in [0.717, 1.165) is 0 Å². The summed E-state index contributed by atoms with van der Waals surface area (Å²) in [6.45, 7) is 0. The van der Waals surface area contributed by atoms with Crippen molar-refractivity contribution >= 4 is 44.6 Å². The van der Waals surface area contributed by atoms with E-state index in [-0.39, 0.29) is 14.9 Å². The van der Waals surface area contributed by atoms with Crippen molar-refractivity contribution in [2.75, 3.05) is 10.5 Å². The summed E-state index contributed by atoms with van der Waals surface area (Å²) in [7, 11) is -3.86. The molecule has 0 spiro atoms. The van der Waals surface area contributed by atoms with Crippen LogP contribution in [0.5, 0.6) is 0 Å². The molecular weight excluding hydrogens is 307 g/mol. The van der Waals surface area contributed by atoms with Crippen LogP contribution in [0, 0.1) is 0 Å². The molecule has 0 radical (unpaired) electrons. The molecule has 0 saturated heterocycles. The number of hydrogen-bond acceptors (Lipinski definition) is 3. The van der Waals surface area contributed by atoms with Gasteiger partial charge in [-0.25, -0.2) is 8.42 Å². The van der Waals surface area contributed by atoms with Gasteiger partial charge < -0.3 is 5.73 Å². The van der Waals surface area contributed by atoms with Gasteiger partial charge in [0.15, 0.2) is 0 Å². The molecule has 0 bridgehead atoms. The minimum absolute atomic E-state index is 0.0592. The molecule has 0 aliphatic rings. The van der Waals surface area contributed by atoms with E-state index in [1.54, 1.807) is 24.3 Å². The molecule has 0 aliphatic heterocycles. The lowest BCUT2D eigenvalue weighted by atomic mass is 10.3. The predicted molar refractivity (Wildman–Crippen MR) is 78.1 cm³/mol. The Labute approximate surface area is 121 Å². The molecule has 19 heavy (non-hydrogen) atoms. The Morgan fingerprint density at radius 3 is 2.16 bits per heavy atom. The maximum absolute atomic E-state index is 12.2. The van der Waals surface area contributed by atoms with Crippen LogP contribution in [-0.4, -0.2) is 8.42 Å². The normalized spacial score (nSPS) is 11.3. The number of nitrogens with one attached hydrogen (secondary N) is 1. The monoisotopic (exact) mass is 316 g/mol. The van der Waals surface area contributed by atoms with E-state index < -0.39 is 10.0 Å². The van der Waals surface area contributed by atoms with Crippen LogP contribution in [0.15, 0.2) is 47.4 Å². The van der Waals surface area contributed by atoms with Crippen LogP contribution in [0.1, 0.15) is 0 Å². The number of nitrogens with two attached hydrogens (primary N) is 1. The van der Waals surface area contributed by atoms with E-state index >= 15 is 0 Å². The first-order chi connectivity index (χ1) is 8.90. The zero-order valence-corrected chi connectivity index (χ0v) is 11.9. The highest BCUT2D eigenvalue weighted by Gasteiger charge is 2.21. The van der Waals surface area contributed by atoms with Crippen molar-refractivity contribution in [3.05, 3.63) is 52.5 Å². The highest BCUT2D eigenvalue weighted by molar-refractivity contribution is 7.93. The van der Waals surface area contributed by atoms with Crippen molar-refractivity contribution in [2.24, 2.45) is 0 Å². The van der Waals surface area contributed by atoms with E-state index in [1.807, 2.05) is 0 Å². The first-order valence-corrected chi connectivity index (χ1v) is 7.46. The van der Waals surface area contributed by atoms with Crippen molar-refractivity contribution in [3.8, 4) is 0 Å². The minimum Gasteiger partial charge on any atom is -0.399 e. The largest absolute Gasteiger partial charge is 0.399 e. The molecular formula is C12H10Cl2N2O2S. The summed E-state index contributed by atoms with van der Waals surface area (Å²) in [5.41, 5.74) is 6.38. The highest BCUT2D eigenvalue weighted by Crippen LogP contribution is 2.30. The van der Waals surface area contributed by atoms with Gasteiger partial charge in [-0.05, 0) is 30.3 Å². The third-order valence-corrected chi connectivity index (χ3v) is 4.66. The van der Waals surface area contributed by atoms with Crippen LogP contribution in [-0.2, 0) is 10.0 Å². The Morgan fingerprint density at radius 1 is 1.00 bits per heavy atom. The summed E-state index contributed by atoms with van der Waals surface area (Å²) < 4.78 is 26.8. The molecule has 0 atom stereocenters. The number of hydrogen-bond donors (Lipinski definition) is 2. The fourth-order valence-electron chi connectivity index (χ4n) is 1.55. The fraction of sp³-hybridized carbons (Fsp3) is 0. The Hall–Kier alpha value is -1.43. The lowest BCUT2D eigenvalue weighted by molar-refractivity contribution is 0.601. The Kier molecular flexibility index (Phi) is 3.89. The summed E-state index contributed by atoms with van der Waals surface area (Å²) in [6, 6.07) is 10.9. The lowest BCUT2D eigenvalue weighted by Crippen LogP contribution is -2.14. The quantitative estimate of drug-likeness (QED) is 0.853. The van der Waals surface area contributed by atoms with Gasteiger partial charge in [-0.2, -0.15) is 0 Å². The molecule has 0 amide bonds. The number of sulfonamides is 1. The van der Waals surface area contributed by atoms with Gasteiger partial charge in [-0.15, -0.1) is 0 Å². The van der Waals surface area contributed by atoms with E-state index in [0.29, 0.717) is 11.4 Å². The Bertz CT molecular complexity index is 697. The van der Waals surface area contributed by atoms with Crippen LogP contribution in [0.3, 0.4) is 0 Å². The number of halogens is 2. The molecule has 0 saturated carbocycles. The maximum Gasteiger partial charge on any atom is 0.264 e. The van der Waals surface area contributed by atoms with Crippen LogP contribution < -0.4 is 10.5 Å². The van der Waals surface area contributed by atoms with Crippen molar-refractivity contribution in [1.82, 2.24) is 0 Å². The average Bonchev–Trinajstić information content (AvgIpc) is 2.27. The van der Waals surface area contributed by atoms with Crippen LogP contribution in [0.25, 0.3) is 0 Å². The smallest absolute Gasteiger partial charge is 0.264 e. The van der Waals surface area contributed by atoms with Gasteiger partial charge in [0.05, 0.1) is 15.7 Å². The van der Waals surface area contributed by atoms with Gasteiger partial charge in [-0.1, -0.05) is 35.3 Å². The van der Waals surface area contributed by atoms with Gasteiger partial charge in [0.2, 0.25) is 0 Å². The standard InChI is InChI=1S/C12H10Cl2N2O2S/c13-10-5-2-6-11(14)12(10)19(17,18)16-9-4-1-3-8(15)7-9/h1-7,16H,15H2. The molecule has 2 aromatic rings. The van der Waals surface area contributed by atoms with E-state index in [2.05, 4.69) is 4.72 Å². The molecule has 0 unspecified atom stereocenters. The number of nitrogen functional groups attached to an aromatic ring is 1. The van der Waals surface area contributed by atoms with Crippen LogP contribution in [0.4, 0.5) is 11.4 Å². The number of benzene rings is 2. The first-order valence-electron chi connectivity index (χ1n) is 5.22. The molecule has 0 fully saturated rings. The van der Waals surface area contributed by atoms with E-state index in [4.69, 9.17) is 28.9 Å². The molecule has 7 heteroatoms. The Morgan fingerprint density at radius 2 is 1.58 bits per heavy atom. The van der Waals surface area contributed by atoms with Gasteiger partial charge in [0.25, 0.3) is 10.0 Å². The summed E-state index contributed by atoms with van der Waals surface area (Å²) in [4.78, 5) is -0.152. The van der Waals surface area contributed by atoms with Crippen molar-refractivity contribution in [1.29, 1.82) is 0 Å². The zero-order chi connectivity index (χ0) is 14.0. The molecule has 4 nitrogen and oxygen atoms in total. The van der Waals surface area contributed by atoms with Gasteiger partial charge in [0, 0.05) is 5.69 Å². The maximum atomic E-state index is 12.2. The second kappa shape index (κ2) is 5.28. The Balaban J connectivity index is 2.44. The third-order valence-electron chi connectivity index (χ3n) is 2.33. The number of anilines is 2. The summed E-state index contributed by atoms with van der Waals surface area (Å²) in [6.07, 6.45) is 0.